The van der Waals surface area contributed by atoms with Gasteiger partial charge in [0.1, 0.15) is 5.75 Å². The van der Waals surface area contributed by atoms with E-state index in [1.54, 1.807) is 45.0 Å². The Bertz CT molecular complexity index is 428. The molecule has 1 rings (SSSR count). The summed E-state index contributed by atoms with van der Waals surface area (Å²) in [5, 5.41) is 4.29. The van der Waals surface area contributed by atoms with E-state index in [-0.39, 0.29) is 5.91 Å². The Balaban J connectivity index is 2.60. The Morgan fingerprint density at radius 2 is 2.06 bits per heavy atom. The normalized spacial score (nSPS) is 11.5. The smallest absolute Gasteiger partial charge is 0.280 e. The molecule has 17 heavy (non-hydrogen) atoms. The first-order valence-electron chi connectivity index (χ1n) is 5.22. The number of halogens is 1. The number of carbonyl (C=O) groups is 1. The molecule has 92 valence electrons. The van der Waals surface area contributed by atoms with Crippen molar-refractivity contribution in [3.05, 3.63) is 29.3 Å². The maximum Gasteiger partial charge on any atom is 0.280 e. The maximum atomic E-state index is 11.6. The van der Waals surface area contributed by atoms with Crippen molar-refractivity contribution in [1.29, 1.82) is 0 Å². The van der Waals surface area contributed by atoms with Gasteiger partial charge in [0.25, 0.3) is 5.91 Å². The summed E-state index contributed by atoms with van der Waals surface area (Å²) < 4.78 is 5.43. The Labute approximate surface area is 106 Å². The summed E-state index contributed by atoms with van der Waals surface area (Å²) in [6.45, 7) is 5.22. The van der Waals surface area contributed by atoms with Crippen molar-refractivity contribution >= 4 is 23.2 Å². The van der Waals surface area contributed by atoms with Crippen LogP contribution in [-0.4, -0.2) is 17.7 Å². The average Bonchev–Trinajstić information content (AvgIpc) is 2.28. The van der Waals surface area contributed by atoms with Crippen LogP contribution in [0, 0.1) is 0 Å². The number of ether oxygens (including phenoxy) is 1. The highest BCUT2D eigenvalue weighted by atomic mass is 35.5. The minimum atomic E-state index is -0.655. The largest absolute Gasteiger partial charge is 0.479 e. The lowest BCUT2D eigenvalue weighted by Crippen LogP contribution is -2.33. The number of para-hydroxylation sites is 1. The van der Waals surface area contributed by atoms with Crippen LogP contribution >= 0.6 is 11.6 Å². The summed E-state index contributed by atoms with van der Waals surface area (Å²) in [5.74, 6) is 0.167. The summed E-state index contributed by atoms with van der Waals surface area (Å²) in [7, 11) is 0. The highest BCUT2D eigenvalue weighted by Gasteiger charge is 2.15. The average molecular weight is 255 g/mol. The number of amides is 1. The van der Waals surface area contributed by atoms with Gasteiger partial charge in [-0.2, -0.15) is 5.10 Å². The Kier molecular flexibility index (Phi) is 4.97. The lowest BCUT2D eigenvalue weighted by atomic mass is 10.3. The molecule has 0 aromatic heterocycles. The van der Waals surface area contributed by atoms with Gasteiger partial charge in [0, 0.05) is 5.71 Å². The Morgan fingerprint density at radius 3 is 2.65 bits per heavy atom. The van der Waals surface area contributed by atoms with Crippen LogP contribution in [0.3, 0.4) is 0 Å². The molecule has 0 fully saturated rings. The van der Waals surface area contributed by atoms with E-state index in [0.29, 0.717) is 10.8 Å². The molecule has 0 spiro atoms. The minimum absolute atomic E-state index is 0.314. The second-order valence-corrected chi connectivity index (χ2v) is 4.13. The molecule has 1 aromatic rings. The van der Waals surface area contributed by atoms with Gasteiger partial charge >= 0.3 is 0 Å². The molecule has 0 radical (unpaired) electrons. The SMILES string of the molecule is CC(C)=NNC(=O)C(C)Oc1ccccc1Cl. The number of rotatable bonds is 4. The number of benzene rings is 1. The monoisotopic (exact) mass is 254 g/mol. The maximum absolute atomic E-state index is 11.6. The van der Waals surface area contributed by atoms with Crippen molar-refractivity contribution in [2.45, 2.75) is 26.9 Å². The number of nitrogens with one attached hydrogen (secondary N) is 1. The molecule has 1 N–H and O–H groups in total. The van der Waals surface area contributed by atoms with Crippen LogP contribution in [0.15, 0.2) is 29.4 Å². The third-order valence-corrected chi connectivity index (χ3v) is 2.21. The fourth-order valence-corrected chi connectivity index (χ4v) is 1.22. The van der Waals surface area contributed by atoms with E-state index in [1.807, 2.05) is 0 Å². The van der Waals surface area contributed by atoms with Gasteiger partial charge in [-0.05, 0) is 32.9 Å². The molecule has 1 amide bonds. The van der Waals surface area contributed by atoms with Crippen molar-refractivity contribution in [3.63, 3.8) is 0 Å². The highest BCUT2D eigenvalue weighted by Crippen LogP contribution is 2.24. The molecule has 0 saturated heterocycles. The van der Waals surface area contributed by atoms with Gasteiger partial charge in [0.05, 0.1) is 5.02 Å². The standard InChI is InChI=1S/C12H15ClN2O2/c1-8(2)14-15-12(16)9(3)17-11-7-5-4-6-10(11)13/h4-7,9H,1-3H3,(H,15,16). The quantitative estimate of drug-likeness (QED) is 0.663. The van der Waals surface area contributed by atoms with Crippen molar-refractivity contribution in [2.75, 3.05) is 0 Å². The van der Waals surface area contributed by atoms with Gasteiger partial charge in [0.2, 0.25) is 0 Å². The Hall–Kier alpha value is -1.55. The zero-order chi connectivity index (χ0) is 12.8. The third kappa shape index (κ3) is 4.44. The van der Waals surface area contributed by atoms with Crippen LogP contribution < -0.4 is 10.2 Å². The summed E-state index contributed by atoms with van der Waals surface area (Å²) in [6, 6.07) is 7.00. The zero-order valence-electron chi connectivity index (χ0n) is 10.0. The van der Waals surface area contributed by atoms with Crippen molar-refractivity contribution < 1.29 is 9.53 Å². The van der Waals surface area contributed by atoms with E-state index in [1.165, 1.54) is 0 Å². The first-order valence-corrected chi connectivity index (χ1v) is 5.60. The van der Waals surface area contributed by atoms with Gasteiger partial charge in [-0.25, -0.2) is 5.43 Å². The molecule has 0 heterocycles. The molecule has 0 aliphatic heterocycles. The number of hydrazone groups is 1. The molecular weight excluding hydrogens is 240 g/mol. The third-order valence-electron chi connectivity index (χ3n) is 1.90. The minimum Gasteiger partial charge on any atom is -0.479 e. The number of hydrogen-bond acceptors (Lipinski definition) is 3. The summed E-state index contributed by atoms with van der Waals surface area (Å²) in [4.78, 5) is 11.6. The van der Waals surface area contributed by atoms with E-state index in [9.17, 15) is 4.79 Å². The van der Waals surface area contributed by atoms with Gasteiger partial charge in [-0.15, -0.1) is 0 Å². The molecule has 5 heteroatoms. The first-order chi connectivity index (χ1) is 8.00. The summed E-state index contributed by atoms with van der Waals surface area (Å²) >= 11 is 5.92. The molecule has 0 aliphatic carbocycles. The van der Waals surface area contributed by atoms with Gasteiger partial charge < -0.3 is 4.74 Å². The molecule has 0 bridgehead atoms. The van der Waals surface area contributed by atoms with Gasteiger partial charge in [-0.3, -0.25) is 4.79 Å². The van der Waals surface area contributed by atoms with E-state index in [2.05, 4.69) is 10.5 Å². The van der Waals surface area contributed by atoms with Crippen molar-refractivity contribution in [2.24, 2.45) is 5.10 Å². The summed E-state index contributed by atoms with van der Waals surface area (Å²) in [6.07, 6.45) is -0.655. The number of nitrogens with zero attached hydrogens (tertiary/aromatic N) is 1. The van der Waals surface area contributed by atoms with Crippen molar-refractivity contribution in [3.8, 4) is 5.75 Å². The van der Waals surface area contributed by atoms with E-state index < -0.39 is 6.10 Å². The van der Waals surface area contributed by atoms with Crippen LogP contribution in [0.2, 0.25) is 5.02 Å². The Morgan fingerprint density at radius 1 is 1.41 bits per heavy atom. The molecule has 0 aliphatic rings. The highest BCUT2D eigenvalue weighted by molar-refractivity contribution is 6.32. The molecule has 1 aromatic carbocycles. The number of carbonyl (C=O) groups excluding carboxylic acids is 1. The fourth-order valence-electron chi connectivity index (χ4n) is 1.04. The van der Waals surface area contributed by atoms with E-state index >= 15 is 0 Å². The van der Waals surface area contributed by atoms with Crippen LogP contribution in [0.1, 0.15) is 20.8 Å². The van der Waals surface area contributed by atoms with E-state index in [0.717, 1.165) is 5.71 Å². The molecule has 0 saturated carbocycles. The first kappa shape index (κ1) is 13.5. The van der Waals surface area contributed by atoms with Crippen molar-refractivity contribution in [1.82, 2.24) is 5.43 Å². The number of hydrogen-bond donors (Lipinski definition) is 1. The molecular formula is C12H15ClN2O2. The lowest BCUT2D eigenvalue weighted by Gasteiger charge is -2.13. The molecule has 1 atom stereocenters. The predicted octanol–water partition coefficient (Wildman–Crippen LogP) is 2.62. The van der Waals surface area contributed by atoms with Crippen LogP contribution in [0.25, 0.3) is 0 Å². The van der Waals surface area contributed by atoms with E-state index in [4.69, 9.17) is 16.3 Å². The topological polar surface area (TPSA) is 50.7 Å². The second kappa shape index (κ2) is 6.25. The lowest BCUT2D eigenvalue weighted by molar-refractivity contribution is -0.127. The molecule has 1 unspecified atom stereocenters. The summed E-state index contributed by atoms with van der Waals surface area (Å²) in [5.41, 5.74) is 3.17. The molecule has 4 nitrogen and oxygen atoms in total. The van der Waals surface area contributed by atoms with Crippen LogP contribution in [0.5, 0.6) is 5.75 Å². The van der Waals surface area contributed by atoms with Crippen LogP contribution in [0.4, 0.5) is 0 Å². The second-order valence-electron chi connectivity index (χ2n) is 3.73. The predicted molar refractivity (Wildman–Crippen MR) is 68.5 cm³/mol. The van der Waals surface area contributed by atoms with Gasteiger partial charge in [0.15, 0.2) is 6.10 Å². The fraction of sp³-hybridized carbons (Fsp3) is 0.333. The van der Waals surface area contributed by atoms with Crippen LogP contribution in [-0.2, 0) is 4.79 Å². The zero-order valence-corrected chi connectivity index (χ0v) is 10.8. The van der Waals surface area contributed by atoms with Gasteiger partial charge in [-0.1, -0.05) is 23.7 Å².